The molecular weight excluding hydrogens is 391 g/mol. The van der Waals surface area contributed by atoms with E-state index in [4.69, 9.17) is 34.0 Å². The molecular formula is C17H16Cl2N6O2. The average molecular weight is 407 g/mol. The molecule has 2 N–H and O–H groups in total. The number of piperazine rings is 1. The largest absolute Gasteiger partial charge is 0.352 e. The van der Waals surface area contributed by atoms with Gasteiger partial charge in [-0.2, -0.15) is 0 Å². The summed E-state index contributed by atoms with van der Waals surface area (Å²) >= 11 is 11.8. The summed E-state index contributed by atoms with van der Waals surface area (Å²) in [6.45, 7) is 1.70. The lowest BCUT2D eigenvalue weighted by Crippen LogP contribution is -2.51. The predicted octanol–water partition coefficient (Wildman–Crippen LogP) is 1.66. The average Bonchev–Trinajstić information content (AvgIpc) is 2.69. The minimum atomic E-state index is -0.625. The molecule has 1 aliphatic rings. The molecule has 1 saturated heterocycles. The molecule has 0 spiro atoms. The number of nitrogens with one attached hydrogen (secondary N) is 2. The second kappa shape index (κ2) is 7.89. The number of benzene rings is 1. The zero-order valence-electron chi connectivity index (χ0n) is 14.2. The van der Waals surface area contributed by atoms with Crippen molar-refractivity contribution in [2.24, 2.45) is 0 Å². The normalized spacial score (nSPS) is 14.1. The number of hydrogen-bond donors (Lipinski definition) is 2. The van der Waals surface area contributed by atoms with Crippen LogP contribution in [0.25, 0.3) is 0 Å². The summed E-state index contributed by atoms with van der Waals surface area (Å²) in [6, 6.07) is 7.61. The second-order valence-corrected chi connectivity index (χ2v) is 6.70. The van der Waals surface area contributed by atoms with E-state index in [2.05, 4.69) is 5.10 Å². The van der Waals surface area contributed by atoms with Gasteiger partial charge in [0.15, 0.2) is 0 Å². The summed E-state index contributed by atoms with van der Waals surface area (Å²) in [7, 11) is 0. The maximum atomic E-state index is 12.5. The second-order valence-electron chi connectivity index (χ2n) is 5.89. The summed E-state index contributed by atoms with van der Waals surface area (Å²) in [5.41, 5.74) is 0.311. The van der Waals surface area contributed by atoms with Crippen molar-refractivity contribution >= 4 is 47.0 Å². The fourth-order valence-corrected chi connectivity index (χ4v) is 3.04. The minimum Gasteiger partial charge on any atom is -0.352 e. The van der Waals surface area contributed by atoms with Gasteiger partial charge in [0.05, 0.1) is 10.0 Å². The smallest absolute Gasteiger partial charge is 0.295 e. The van der Waals surface area contributed by atoms with Crippen molar-refractivity contribution < 1.29 is 9.59 Å². The van der Waals surface area contributed by atoms with E-state index in [0.29, 0.717) is 37.0 Å². The number of amides is 1. The molecule has 0 atom stereocenters. The highest BCUT2D eigenvalue weighted by molar-refractivity contribution is 6.45. The van der Waals surface area contributed by atoms with Crippen molar-refractivity contribution in [2.45, 2.75) is 0 Å². The van der Waals surface area contributed by atoms with Gasteiger partial charge in [-0.15, -0.1) is 5.10 Å². The molecule has 0 aliphatic carbocycles. The van der Waals surface area contributed by atoms with E-state index in [9.17, 15) is 9.59 Å². The molecule has 1 fully saturated rings. The number of rotatable bonds is 4. The Bertz CT molecular complexity index is 966. The minimum absolute atomic E-state index is 0.106. The van der Waals surface area contributed by atoms with Crippen LogP contribution >= 0.6 is 23.2 Å². The molecule has 1 amide bonds. The van der Waals surface area contributed by atoms with Crippen molar-refractivity contribution in [3.8, 4) is 0 Å². The Morgan fingerprint density at radius 3 is 2.37 bits per heavy atom. The summed E-state index contributed by atoms with van der Waals surface area (Å²) < 4.78 is 1.15. The fraction of sp³-hybridized carbons (Fsp3) is 0.235. The van der Waals surface area contributed by atoms with Crippen molar-refractivity contribution in [1.82, 2.24) is 14.7 Å². The number of anilines is 1. The number of hydrogen-bond acceptors (Lipinski definition) is 6. The molecule has 27 heavy (non-hydrogen) atoms. The lowest BCUT2D eigenvalue weighted by molar-refractivity contribution is -0.126. The number of carbonyl (C=O) groups excluding carboxylic acids is 2. The van der Waals surface area contributed by atoms with E-state index >= 15 is 0 Å². The number of aromatic nitrogens is 2. The summed E-state index contributed by atoms with van der Waals surface area (Å²) in [4.78, 5) is 28.3. The Balaban J connectivity index is 1.67. The Morgan fingerprint density at radius 1 is 1.04 bits per heavy atom. The molecule has 3 rings (SSSR count). The Morgan fingerprint density at radius 2 is 1.74 bits per heavy atom. The van der Waals surface area contributed by atoms with E-state index in [1.165, 1.54) is 23.1 Å². The van der Waals surface area contributed by atoms with Crippen LogP contribution in [0.15, 0.2) is 30.3 Å². The lowest BCUT2D eigenvalue weighted by Gasteiger charge is -2.35. The third-order valence-corrected chi connectivity index (χ3v) is 4.98. The van der Waals surface area contributed by atoms with Gasteiger partial charge in [0.2, 0.25) is 5.78 Å². The third kappa shape index (κ3) is 4.01. The van der Waals surface area contributed by atoms with Crippen molar-refractivity contribution in [3.63, 3.8) is 0 Å². The Labute approximate surface area is 164 Å². The van der Waals surface area contributed by atoms with Crippen LogP contribution in [0.5, 0.6) is 0 Å². The molecule has 0 bridgehead atoms. The van der Waals surface area contributed by atoms with Gasteiger partial charge >= 0.3 is 0 Å². The fourth-order valence-electron chi connectivity index (χ4n) is 2.74. The zero-order valence-corrected chi connectivity index (χ0v) is 15.7. The van der Waals surface area contributed by atoms with Gasteiger partial charge in [0.25, 0.3) is 5.91 Å². The van der Waals surface area contributed by atoms with Gasteiger partial charge in [-0.25, -0.2) is 4.68 Å². The van der Waals surface area contributed by atoms with Gasteiger partial charge < -0.3 is 9.80 Å². The number of halogens is 2. The molecule has 1 aliphatic heterocycles. The van der Waals surface area contributed by atoms with Crippen LogP contribution < -0.4 is 10.4 Å². The van der Waals surface area contributed by atoms with E-state index in [1.54, 1.807) is 12.1 Å². The van der Waals surface area contributed by atoms with Crippen LogP contribution in [0.4, 0.5) is 5.82 Å². The van der Waals surface area contributed by atoms with Gasteiger partial charge in [0.1, 0.15) is 17.6 Å². The molecule has 1 aromatic heterocycles. The first-order valence-corrected chi connectivity index (χ1v) is 8.85. The van der Waals surface area contributed by atoms with E-state index in [0.717, 1.165) is 11.0 Å². The van der Waals surface area contributed by atoms with E-state index < -0.39 is 11.7 Å². The first-order chi connectivity index (χ1) is 12.9. The third-order valence-electron chi connectivity index (χ3n) is 4.24. The Kier molecular flexibility index (Phi) is 5.57. The van der Waals surface area contributed by atoms with Gasteiger partial charge in [-0.1, -0.05) is 23.2 Å². The SMILES string of the molecule is N=Cn1nc(N2CCN(C(=O)C(=O)c3ccc(Cl)c(Cl)c3)CC2)ccc1=N. The highest BCUT2D eigenvalue weighted by Gasteiger charge is 2.27. The first-order valence-electron chi connectivity index (χ1n) is 8.09. The predicted molar refractivity (Wildman–Crippen MR) is 102 cm³/mol. The molecule has 10 heteroatoms. The monoisotopic (exact) mass is 406 g/mol. The maximum absolute atomic E-state index is 12.5. The maximum Gasteiger partial charge on any atom is 0.295 e. The van der Waals surface area contributed by atoms with E-state index in [-0.39, 0.29) is 16.1 Å². The van der Waals surface area contributed by atoms with Crippen molar-refractivity contribution in [1.29, 1.82) is 10.8 Å². The summed E-state index contributed by atoms with van der Waals surface area (Å²) in [6.07, 6.45) is 0.960. The summed E-state index contributed by atoms with van der Waals surface area (Å²) in [5, 5.41) is 19.7. The van der Waals surface area contributed by atoms with Crippen LogP contribution in [0.1, 0.15) is 10.4 Å². The summed E-state index contributed by atoms with van der Waals surface area (Å²) in [5.74, 6) is -0.602. The van der Waals surface area contributed by atoms with Crippen molar-refractivity contribution in [3.05, 3.63) is 51.4 Å². The molecule has 0 radical (unpaired) electrons. The first kappa shape index (κ1) is 19.1. The number of nitrogens with zero attached hydrogens (tertiary/aromatic N) is 4. The number of Topliss-reactive ketones (excluding diaryl/α,β-unsaturated/α-hetero) is 1. The number of carbonyl (C=O) groups is 2. The van der Waals surface area contributed by atoms with Crippen LogP contribution in [-0.2, 0) is 4.79 Å². The van der Waals surface area contributed by atoms with E-state index in [1.807, 2.05) is 4.90 Å². The molecule has 2 heterocycles. The van der Waals surface area contributed by atoms with Gasteiger partial charge in [-0.3, -0.25) is 20.4 Å². The highest BCUT2D eigenvalue weighted by atomic mass is 35.5. The molecule has 0 saturated carbocycles. The molecule has 0 unspecified atom stereocenters. The highest BCUT2D eigenvalue weighted by Crippen LogP contribution is 2.23. The topological polar surface area (TPSA) is 106 Å². The standard InChI is InChI=1S/C17H16Cl2N6O2/c18-12-2-1-11(9-13(12)19)16(26)17(27)24-7-5-23(6-8-24)15-4-3-14(21)25(10-20)22-15/h1-4,9-10,20-21H,5-8H2. The molecule has 140 valence electrons. The molecule has 2 aromatic rings. The number of ketones is 1. The van der Waals surface area contributed by atoms with Gasteiger partial charge in [-0.05, 0) is 30.3 Å². The van der Waals surface area contributed by atoms with Crippen LogP contribution in [0, 0.1) is 10.8 Å². The van der Waals surface area contributed by atoms with Crippen LogP contribution in [-0.4, -0.2) is 58.9 Å². The van der Waals surface area contributed by atoms with Crippen molar-refractivity contribution in [2.75, 3.05) is 31.1 Å². The quantitative estimate of drug-likeness (QED) is 0.348. The molecule has 1 aromatic carbocycles. The van der Waals surface area contributed by atoms with Crippen LogP contribution in [0.3, 0.4) is 0 Å². The van der Waals surface area contributed by atoms with Gasteiger partial charge in [0, 0.05) is 31.7 Å². The zero-order chi connectivity index (χ0) is 19.6. The Hall–Kier alpha value is -2.71. The lowest BCUT2D eigenvalue weighted by atomic mass is 10.1. The van der Waals surface area contributed by atoms with Crippen LogP contribution in [0.2, 0.25) is 10.0 Å². The molecule has 8 nitrogen and oxygen atoms in total.